The van der Waals surface area contributed by atoms with Crippen molar-refractivity contribution < 1.29 is 19.5 Å². The first-order valence-corrected chi connectivity index (χ1v) is 8.34. The zero-order valence-electron chi connectivity index (χ0n) is 14.4. The molecular formula is C18H20N4O4. The van der Waals surface area contributed by atoms with Crippen molar-refractivity contribution in [2.75, 3.05) is 16.8 Å². The number of anilines is 2. The molecule has 1 aromatic heterocycles. The maximum atomic E-state index is 12.1. The second-order valence-corrected chi connectivity index (χ2v) is 6.28. The van der Waals surface area contributed by atoms with Crippen molar-refractivity contribution >= 4 is 29.7 Å². The Hall–Kier alpha value is -3.16. The van der Waals surface area contributed by atoms with Gasteiger partial charge in [-0.25, -0.2) is 0 Å². The molecule has 8 nitrogen and oxygen atoms in total. The Labute approximate surface area is 150 Å². The lowest BCUT2D eigenvalue weighted by molar-refractivity contribution is -0.123. The van der Waals surface area contributed by atoms with E-state index in [1.165, 1.54) is 0 Å². The van der Waals surface area contributed by atoms with Gasteiger partial charge in [-0.3, -0.25) is 19.1 Å². The van der Waals surface area contributed by atoms with Crippen LogP contribution in [-0.2, 0) is 21.4 Å². The first kappa shape index (κ1) is 17.7. The molecule has 1 fully saturated rings. The smallest absolute Gasteiger partial charge is 0.290 e. The molecule has 0 spiro atoms. The minimum atomic E-state index is -0.250. The van der Waals surface area contributed by atoms with Crippen LogP contribution in [0.4, 0.5) is 11.4 Å². The molecule has 0 radical (unpaired) electrons. The highest BCUT2D eigenvalue weighted by atomic mass is 16.3. The van der Waals surface area contributed by atoms with Crippen molar-refractivity contribution in [2.45, 2.75) is 25.2 Å². The molecule has 8 heteroatoms. The third-order valence-electron chi connectivity index (χ3n) is 4.59. The van der Waals surface area contributed by atoms with Gasteiger partial charge in [0.2, 0.25) is 11.8 Å². The number of benzene rings is 1. The molecule has 1 unspecified atom stereocenters. The number of aromatic nitrogens is 2. The molecule has 2 aliphatic rings. The van der Waals surface area contributed by atoms with Crippen molar-refractivity contribution in [3.05, 3.63) is 41.7 Å². The van der Waals surface area contributed by atoms with E-state index in [2.05, 4.69) is 10.4 Å². The summed E-state index contributed by atoms with van der Waals surface area (Å²) in [6.45, 7) is 0.498. The van der Waals surface area contributed by atoms with Gasteiger partial charge in [0.1, 0.15) is 0 Å². The molecule has 0 aliphatic carbocycles. The minimum Gasteiger partial charge on any atom is -0.483 e. The van der Waals surface area contributed by atoms with Crippen LogP contribution >= 0.6 is 0 Å². The van der Waals surface area contributed by atoms with Crippen molar-refractivity contribution in [2.24, 2.45) is 7.05 Å². The molecule has 3 heterocycles. The largest absolute Gasteiger partial charge is 0.483 e. The summed E-state index contributed by atoms with van der Waals surface area (Å²) < 4.78 is 1.75. The van der Waals surface area contributed by atoms with Crippen LogP contribution in [-0.4, -0.2) is 39.7 Å². The van der Waals surface area contributed by atoms with Gasteiger partial charge in [-0.05, 0) is 29.7 Å². The number of nitrogens with one attached hydrogen (secondary N) is 1. The molecule has 4 rings (SSSR count). The summed E-state index contributed by atoms with van der Waals surface area (Å²) in [6.07, 6.45) is 5.67. The second kappa shape index (κ2) is 7.38. The summed E-state index contributed by atoms with van der Waals surface area (Å²) in [5.41, 5.74) is 3.77. The van der Waals surface area contributed by atoms with Crippen LogP contribution in [0.2, 0.25) is 0 Å². The molecule has 2 amide bonds. The first-order chi connectivity index (χ1) is 12.5. The fourth-order valence-electron chi connectivity index (χ4n) is 3.46. The van der Waals surface area contributed by atoms with Crippen LogP contribution in [0.3, 0.4) is 0 Å². The summed E-state index contributed by atoms with van der Waals surface area (Å²) >= 11 is 0. The number of carbonyl (C=O) groups excluding carboxylic acids is 2. The monoisotopic (exact) mass is 356 g/mol. The average Bonchev–Trinajstić information content (AvgIpc) is 3.22. The fraction of sp³-hybridized carbons (Fsp3) is 0.333. The molecule has 0 saturated carbocycles. The van der Waals surface area contributed by atoms with Gasteiger partial charge in [0.15, 0.2) is 0 Å². The number of aryl methyl sites for hydroxylation is 1. The first-order valence-electron chi connectivity index (χ1n) is 8.34. The van der Waals surface area contributed by atoms with E-state index >= 15 is 0 Å². The van der Waals surface area contributed by atoms with Gasteiger partial charge in [-0.15, -0.1) is 0 Å². The SMILES string of the molecule is Cn1cc(C2CC(=O)Nc3cc(N4CCCC4=O)ccc32)cn1.O=CO. The predicted molar refractivity (Wildman–Crippen MR) is 95.0 cm³/mol. The molecule has 1 atom stereocenters. The zero-order chi connectivity index (χ0) is 18.7. The zero-order valence-corrected chi connectivity index (χ0v) is 14.4. The van der Waals surface area contributed by atoms with E-state index in [0.29, 0.717) is 12.8 Å². The van der Waals surface area contributed by atoms with Gasteiger partial charge in [0, 0.05) is 49.9 Å². The minimum absolute atomic E-state index is 0.00347. The van der Waals surface area contributed by atoms with E-state index in [9.17, 15) is 9.59 Å². The molecule has 26 heavy (non-hydrogen) atoms. The highest BCUT2D eigenvalue weighted by Crippen LogP contribution is 2.39. The van der Waals surface area contributed by atoms with Crippen LogP contribution in [0.1, 0.15) is 36.3 Å². The number of fused-ring (bicyclic) bond motifs is 1. The molecule has 1 aromatic carbocycles. The molecule has 136 valence electrons. The molecule has 2 aromatic rings. The van der Waals surface area contributed by atoms with E-state index < -0.39 is 0 Å². The number of rotatable bonds is 2. The molecule has 2 N–H and O–H groups in total. The summed E-state index contributed by atoms with van der Waals surface area (Å²) in [6, 6.07) is 5.91. The maximum Gasteiger partial charge on any atom is 0.290 e. The number of carbonyl (C=O) groups is 3. The summed E-state index contributed by atoms with van der Waals surface area (Å²) in [4.78, 5) is 34.2. The Morgan fingerprint density at radius 2 is 2.12 bits per heavy atom. The van der Waals surface area contributed by atoms with Crippen LogP contribution in [0.15, 0.2) is 30.6 Å². The Balaban J connectivity index is 0.000000613. The van der Waals surface area contributed by atoms with Crippen LogP contribution < -0.4 is 10.2 Å². The number of hydrogen-bond donors (Lipinski definition) is 2. The Morgan fingerprint density at radius 3 is 2.73 bits per heavy atom. The van der Waals surface area contributed by atoms with Crippen LogP contribution in [0, 0.1) is 0 Å². The second-order valence-electron chi connectivity index (χ2n) is 6.28. The van der Waals surface area contributed by atoms with Crippen LogP contribution in [0.5, 0.6) is 0 Å². The van der Waals surface area contributed by atoms with Gasteiger partial charge in [-0.2, -0.15) is 5.10 Å². The van der Waals surface area contributed by atoms with Gasteiger partial charge >= 0.3 is 0 Å². The standard InChI is InChI=1S/C17H18N4O2.CH2O2/c1-20-10-11(9-18-20)14-8-16(22)19-15-7-12(4-5-13(14)15)21-6-2-3-17(21)23;2-1-3/h4-5,7,9-10,14H,2-3,6,8H2,1H3,(H,19,22);1H,(H,2,3). The normalized spacial score (nSPS) is 18.7. The Morgan fingerprint density at radius 1 is 1.35 bits per heavy atom. The summed E-state index contributed by atoms with van der Waals surface area (Å²) in [7, 11) is 1.87. The maximum absolute atomic E-state index is 12.1. The summed E-state index contributed by atoms with van der Waals surface area (Å²) in [5.74, 6) is 0.155. The van der Waals surface area contributed by atoms with Crippen molar-refractivity contribution in [3.8, 4) is 0 Å². The topological polar surface area (TPSA) is 105 Å². The Bertz CT molecular complexity index is 845. The number of amides is 2. The van der Waals surface area contributed by atoms with Crippen molar-refractivity contribution in [1.82, 2.24) is 9.78 Å². The fourth-order valence-corrected chi connectivity index (χ4v) is 3.46. The summed E-state index contributed by atoms with van der Waals surface area (Å²) in [5, 5.41) is 14.0. The predicted octanol–water partition coefficient (Wildman–Crippen LogP) is 1.72. The molecule has 2 aliphatic heterocycles. The highest BCUT2D eigenvalue weighted by molar-refractivity contribution is 5.99. The lowest BCUT2D eigenvalue weighted by Crippen LogP contribution is -2.26. The van der Waals surface area contributed by atoms with Gasteiger partial charge in [0.25, 0.3) is 6.47 Å². The number of nitrogens with zero attached hydrogens (tertiary/aromatic N) is 3. The lowest BCUT2D eigenvalue weighted by atomic mass is 9.86. The third kappa shape index (κ3) is 3.44. The van der Waals surface area contributed by atoms with E-state index in [1.54, 1.807) is 9.58 Å². The van der Waals surface area contributed by atoms with Crippen molar-refractivity contribution in [3.63, 3.8) is 0 Å². The van der Waals surface area contributed by atoms with Gasteiger partial charge < -0.3 is 15.3 Å². The molecular weight excluding hydrogens is 336 g/mol. The van der Waals surface area contributed by atoms with Crippen LogP contribution in [0.25, 0.3) is 0 Å². The van der Waals surface area contributed by atoms with Crippen molar-refractivity contribution in [1.29, 1.82) is 0 Å². The highest BCUT2D eigenvalue weighted by Gasteiger charge is 2.29. The quantitative estimate of drug-likeness (QED) is 0.797. The lowest BCUT2D eigenvalue weighted by Gasteiger charge is -2.27. The Kier molecular flexibility index (Phi) is 5.01. The van der Waals surface area contributed by atoms with Gasteiger partial charge in [0.05, 0.1) is 6.20 Å². The number of carboxylic acid groups (broad SMARTS) is 1. The van der Waals surface area contributed by atoms with E-state index in [4.69, 9.17) is 9.90 Å². The third-order valence-corrected chi connectivity index (χ3v) is 4.59. The number of hydrogen-bond acceptors (Lipinski definition) is 4. The van der Waals surface area contributed by atoms with Gasteiger partial charge in [-0.1, -0.05) is 6.07 Å². The van der Waals surface area contributed by atoms with E-state index in [0.717, 1.165) is 35.5 Å². The molecule has 1 saturated heterocycles. The molecule has 0 bridgehead atoms. The van der Waals surface area contributed by atoms with E-state index in [-0.39, 0.29) is 24.2 Å². The average molecular weight is 356 g/mol. The van der Waals surface area contributed by atoms with E-state index in [1.807, 2.05) is 37.6 Å².